The van der Waals surface area contributed by atoms with Crippen molar-refractivity contribution < 1.29 is 23.1 Å². The number of rotatable bonds is 7. The lowest BCUT2D eigenvalue weighted by molar-refractivity contribution is -0.148. The van der Waals surface area contributed by atoms with Crippen molar-refractivity contribution in [3.05, 3.63) is 12.2 Å². The van der Waals surface area contributed by atoms with Gasteiger partial charge in [0.2, 0.25) is 0 Å². The summed E-state index contributed by atoms with van der Waals surface area (Å²) in [7, 11) is -3.55. The van der Waals surface area contributed by atoms with Crippen LogP contribution < -0.4 is 0 Å². The van der Waals surface area contributed by atoms with E-state index >= 15 is 0 Å². The molecule has 0 aromatic carbocycles. The van der Waals surface area contributed by atoms with Crippen LogP contribution in [0.5, 0.6) is 0 Å². The molecule has 2 aliphatic carbocycles. The van der Waals surface area contributed by atoms with Gasteiger partial charge in [0.25, 0.3) is 0 Å². The SMILES string of the molecule is CCOC(=O)C1(P(=O)(OCC)OCC)CC2C=CC1C2. The van der Waals surface area contributed by atoms with E-state index in [0.29, 0.717) is 6.42 Å². The molecule has 3 unspecified atom stereocenters. The normalized spacial score (nSPS) is 31.8. The zero-order valence-corrected chi connectivity index (χ0v) is 13.2. The summed E-state index contributed by atoms with van der Waals surface area (Å²) in [4.78, 5) is 12.6. The van der Waals surface area contributed by atoms with Crippen LogP contribution in [0.3, 0.4) is 0 Å². The third-order valence-corrected chi connectivity index (χ3v) is 6.95. The Morgan fingerprint density at radius 2 is 1.85 bits per heavy atom. The van der Waals surface area contributed by atoms with Crippen molar-refractivity contribution in [2.45, 2.75) is 38.8 Å². The molecule has 1 saturated carbocycles. The molecule has 114 valence electrons. The van der Waals surface area contributed by atoms with E-state index in [9.17, 15) is 9.36 Å². The molecule has 2 bridgehead atoms. The summed E-state index contributed by atoms with van der Waals surface area (Å²) in [5.41, 5.74) is 0. The predicted octanol–water partition coefficient (Wildman–Crippen LogP) is 3.15. The van der Waals surface area contributed by atoms with Gasteiger partial charge in [-0.1, -0.05) is 12.2 Å². The van der Waals surface area contributed by atoms with Gasteiger partial charge in [-0.25, -0.2) is 0 Å². The summed E-state index contributed by atoms with van der Waals surface area (Å²) < 4.78 is 29.4. The van der Waals surface area contributed by atoms with Gasteiger partial charge in [-0.05, 0) is 39.5 Å². The van der Waals surface area contributed by atoms with Crippen molar-refractivity contribution in [1.82, 2.24) is 0 Å². The topological polar surface area (TPSA) is 61.8 Å². The molecule has 1 fully saturated rings. The van der Waals surface area contributed by atoms with E-state index in [1.165, 1.54) is 0 Å². The van der Waals surface area contributed by atoms with Crippen LogP contribution in [0.25, 0.3) is 0 Å². The van der Waals surface area contributed by atoms with Crippen LogP contribution in [0.1, 0.15) is 33.6 Å². The fourth-order valence-corrected chi connectivity index (χ4v) is 5.92. The first-order valence-corrected chi connectivity index (χ1v) is 8.83. The second-order valence-electron chi connectivity index (χ2n) is 5.17. The lowest BCUT2D eigenvalue weighted by Gasteiger charge is -2.37. The smallest absolute Gasteiger partial charge is 0.348 e. The standard InChI is InChI=1S/C14H23O5P/c1-4-17-13(15)14(10-11-7-8-12(14)9-11)20(16,18-5-2)19-6-3/h7-8,11-12H,4-6,9-10H2,1-3H3. The number of hydrogen-bond acceptors (Lipinski definition) is 5. The second kappa shape index (κ2) is 6.00. The molecule has 20 heavy (non-hydrogen) atoms. The molecule has 0 aromatic rings. The van der Waals surface area contributed by atoms with Crippen molar-refractivity contribution in [2.75, 3.05) is 19.8 Å². The van der Waals surface area contributed by atoms with Gasteiger partial charge < -0.3 is 13.8 Å². The summed E-state index contributed by atoms with van der Waals surface area (Å²) in [5.74, 6) is -0.295. The molecular weight excluding hydrogens is 279 g/mol. The van der Waals surface area contributed by atoms with E-state index in [1.54, 1.807) is 20.8 Å². The van der Waals surface area contributed by atoms with Gasteiger partial charge in [0.15, 0.2) is 5.16 Å². The van der Waals surface area contributed by atoms with E-state index in [2.05, 4.69) is 6.08 Å². The number of esters is 1. The third-order valence-electron chi connectivity index (χ3n) is 4.07. The summed E-state index contributed by atoms with van der Waals surface area (Å²) in [6.45, 7) is 6.03. The summed E-state index contributed by atoms with van der Waals surface area (Å²) in [6, 6.07) is 0. The first-order valence-electron chi connectivity index (χ1n) is 7.28. The van der Waals surface area contributed by atoms with Crippen LogP contribution in [0.4, 0.5) is 0 Å². The Morgan fingerprint density at radius 3 is 2.25 bits per heavy atom. The van der Waals surface area contributed by atoms with E-state index in [1.807, 2.05) is 6.08 Å². The van der Waals surface area contributed by atoms with Crippen LogP contribution in [-0.4, -0.2) is 30.9 Å². The van der Waals surface area contributed by atoms with Crippen LogP contribution in [0.15, 0.2) is 12.2 Å². The van der Waals surface area contributed by atoms with Crippen LogP contribution in [0.2, 0.25) is 0 Å². The highest BCUT2D eigenvalue weighted by Gasteiger charge is 2.67. The largest absolute Gasteiger partial charge is 0.465 e. The first-order chi connectivity index (χ1) is 9.54. The first kappa shape index (κ1) is 15.7. The van der Waals surface area contributed by atoms with Gasteiger partial charge in [-0.15, -0.1) is 0 Å². The van der Waals surface area contributed by atoms with Gasteiger partial charge in [0.05, 0.1) is 19.8 Å². The molecule has 3 atom stereocenters. The molecule has 0 aromatic heterocycles. The summed E-state index contributed by atoms with van der Waals surface area (Å²) in [6.07, 6.45) is 5.37. The van der Waals surface area contributed by atoms with Crippen molar-refractivity contribution in [1.29, 1.82) is 0 Å². The van der Waals surface area contributed by atoms with E-state index in [0.717, 1.165) is 6.42 Å². The minimum Gasteiger partial charge on any atom is -0.465 e. The van der Waals surface area contributed by atoms with Gasteiger partial charge in [0.1, 0.15) is 0 Å². The molecule has 0 heterocycles. The summed E-state index contributed by atoms with van der Waals surface area (Å²) >= 11 is 0. The van der Waals surface area contributed by atoms with Crippen LogP contribution >= 0.6 is 7.60 Å². The lowest BCUT2D eigenvalue weighted by Crippen LogP contribution is -2.45. The average molecular weight is 302 g/mol. The third kappa shape index (κ3) is 2.26. The molecule has 6 heteroatoms. The Bertz CT molecular complexity index is 437. The molecule has 2 rings (SSSR count). The minimum atomic E-state index is -3.55. The highest BCUT2D eigenvalue weighted by Crippen LogP contribution is 2.71. The Labute approximate surface area is 120 Å². The number of carbonyl (C=O) groups is 1. The fourth-order valence-electron chi connectivity index (χ4n) is 3.36. The lowest BCUT2D eigenvalue weighted by atomic mass is 9.92. The summed E-state index contributed by atoms with van der Waals surface area (Å²) in [5, 5.41) is -1.16. The second-order valence-corrected chi connectivity index (χ2v) is 7.48. The van der Waals surface area contributed by atoms with Gasteiger partial charge in [-0.3, -0.25) is 9.36 Å². The maximum absolute atomic E-state index is 13.3. The minimum absolute atomic E-state index is 0.115. The number of ether oxygens (including phenoxy) is 1. The number of fused-ring (bicyclic) bond motifs is 2. The molecule has 5 nitrogen and oxygen atoms in total. The number of allylic oxidation sites excluding steroid dienone is 2. The van der Waals surface area contributed by atoms with Gasteiger partial charge in [-0.2, -0.15) is 0 Å². The Balaban J connectivity index is 2.43. The van der Waals surface area contributed by atoms with Crippen molar-refractivity contribution >= 4 is 13.6 Å². The molecule has 0 radical (unpaired) electrons. The van der Waals surface area contributed by atoms with Crippen molar-refractivity contribution in [3.63, 3.8) is 0 Å². The molecule has 0 N–H and O–H groups in total. The average Bonchev–Trinajstić information content (AvgIpc) is 3.00. The van der Waals surface area contributed by atoms with Crippen LogP contribution in [0, 0.1) is 11.8 Å². The monoisotopic (exact) mass is 302 g/mol. The Hall–Kier alpha value is -0.640. The van der Waals surface area contributed by atoms with E-state index < -0.39 is 18.7 Å². The molecule has 0 amide bonds. The zero-order chi connectivity index (χ0) is 14.8. The molecule has 2 aliphatic rings. The zero-order valence-electron chi connectivity index (χ0n) is 12.3. The fraction of sp³-hybridized carbons (Fsp3) is 0.786. The van der Waals surface area contributed by atoms with Crippen molar-refractivity contribution in [3.8, 4) is 0 Å². The van der Waals surface area contributed by atoms with Crippen molar-refractivity contribution in [2.24, 2.45) is 11.8 Å². The van der Waals surface area contributed by atoms with Gasteiger partial charge in [0, 0.05) is 5.92 Å². The Morgan fingerprint density at radius 1 is 1.20 bits per heavy atom. The molecule has 0 spiro atoms. The molecule has 0 aliphatic heterocycles. The quantitative estimate of drug-likeness (QED) is 0.411. The van der Waals surface area contributed by atoms with E-state index in [4.69, 9.17) is 13.8 Å². The van der Waals surface area contributed by atoms with Crippen LogP contribution in [-0.2, 0) is 23.1 Å². The number of hydrogen-bond donors (Lipinski definition) is 0. The highest BCUT2D eigenvalue weighted by atomic mass is 31.2. The maximum atomic E-state index is 13.3. The predicted molar refractivity (Wildman–Crippen MR) is 75.6 cm³/mol. The van der Waals surface area contributed by atoms with Gasteiger partial charge >= 0.3 is 13.6 Å². The number of carbonyl (C=O) groups excluding carboxylic acids is 1. The molecule has 0 saturated heterocycles. The maximum Gasteiger partial charge on any atom is 0.348 e. The van der Waals surface area contributed by atoms with E-state index in [-0.39, 0.29) is 31.7 Å². The molecular formula is C14H23O5P. The highest BCUT2D eigenvalue weighted by molar-refractivity contribution is 7.56. The Kier molecular flexibility index (Phi) is 4.73.